The molecule has 0 aromatic carbocycles. The van der Waals surface area contributed by atoms with Crippen LogP contribution in [0.5, 0.6) is 5.75 Å². The number of carbonyl (C=O) groups is 4. The van der Waals surface area contributed by atoms with Gasteiger partial charge in [-0.05, 0) is 42.4 Å². The van der Waals surface area contributed by atoms with Gasteiger partial charge in [0.05, 0.1) is 17.6 Å². The fourth-order valence-electron chi connectivity index (χ4n) is 9.37. The molecular formula is C31H33ClF4N6O6. The molecule has 4 amide bonds. The molecule has 1 unspecified atom stereocenters. The molecule has 2 bridgehead atoms. The van der Waals surface area contributed by atoms with Gasteiger partial charge in [0.25, 0.3) is 5.91 Å². The predicted octanol–water partition coefficient (Wildman–Crippen LogP) is 3.60. The molecule has 3 aliphatic heterocycles. The number of hydrogen-bond donors (Lipinski definition) is 2. The van der Waals surface area contributed by atoms with E-state index in [9.17, 15) is 37.6 Å². The normalized spacial score (nSPS) is 36.4. The van der Waals surface area contributed by atoms with Crippen molar-refractivity contribution in [1.29, 1.82) is 5.26 Å². The van der Waals surface area contributed by atoms with Crippen LogP contribution in [0.2, 0.25) is 5.02 Å². The number of amides is 4. The van der Waals surface area contributed by atoms with Crippen LogP contribution in [0.15, 0.2) is 12.3 Å². The molecule has 0 radical (unpaired) electrons. The van der Waals surface area contributed by atoms with Crippen LogP contribution in [0, 0.1) is 39.9 Å². The third-order valence-corrected chi connectivity index (χ3v) is 11.5. The number of nitrogens with one attached hydrogen (secondary N) is 2. The van der Waals surface area contributed by atoms with Crippen molar-refractivity contribution >= 4 is 41.2 Å². The fraction of sp³-hybridized carbons (Fsp3) is 0.677. The molecule has 3 aliphatic carbocycles. The highest BCUT2D eigenvalue weighted by Crippen LogP contribution is 2.82. The van der Waals surface area contributed by atoms with E-state index in [0.717, 1.165) is 0 Å². The lowest BCUT2D eigenvalue weighted by Crippen LogP contribution is -2.61. The van der Waals surface area contributed by atoms with Gasteiger partial charge in [0.2, 0.25) is 17.4 Å². The highest BCUT2D eigenvalue weighted by Gasteiger charge is 2.90. The molecule has 258 valence electrons. The zero-order chi connectivity index (χ0) is 34.8. The Bertz CT molecular complexity index is 1670. The second kappa shape index (κ2) is 10.3. The number of fused-ring (bicyclic) bond motifs is 4. The zero-order valence-corrected chi connectivity index (χ0v) is 27.0. The summed E-state index contributed by atoms with van der Waals surface area (Å²) in [5, 5.41) is 15.4. The minimum absolute atomic E-state index is 0.0645. The molecule has 17 heteroatoms. The average Bonchev–Trinajstić information content (AvgIpc) is 3.33. The van der Waals surface area contributed by atoms with Gasteiger partial charge in [0, 0.05) is 30.6 Å². The molecule has 4 heterocycles. The second-order valence-corrected chi connectivity index (χ2v) is 15.4. The van der Waals surface area contributed by atoms with Gasteiger partial charge in [-0.25, -0.2) is 14.2 Å². The minimum atomic E-state index is -4.79. The molecule has 5 fully saturated rings. The van der Waals surface area contributed by atoms with E-state index < -0.39 is 82.7 Å². The summed E-state index contributed by atoms with van der Waals surface area (Å²) in [7, 11) is 0. The zero-order valence-electron chi connectivity index (χ0n) is 26.2. The number of alkyl halides is 4. The van der Waals surface area contributed by atoms with Gasteiger partial charge in [-0.15, -0.1) is 0 Å². The Hall–Kier alpha value is -3.87. The number of likely N-dealkylation sites (tertiary alicyclic amines) is 2. The average molecular weight is 697 g/mol. The van der Waals surface area contributed by atoms with E-state index in [-0.39, 0.29) is 60.8 Å². The summed E-state index contributed by atoms with van der Waals surface area (Å²) in [4.78, 5) is 62.0. The van der Waals surface area contributed by atoms with Crippen molar-refractivity contribution in [3.63, 3.8) is 0 Å². The van der Waals surface area contributed by atoms with Crippen LogP contribution in [0.1, 0.15) is 46.5 Å². The third kappa shape index (κ3) is 4.55. The van der Waals surface area contributed by atoms with Crippen molar-refractivity contribution in [3.8, 4) is 11.8 Å². The first-order valence-electron chi connectivity index (χ1n) is 15.7. The Balaban J connectivity index is 1.23. The molecule has 2 N–H and O–H groups in total. The summed E-state index contributed by atoms with van der Waals surface area (Å²) < 4.78 is 64.2. The van der Waals surface area contributed by atoms with Crippen LogP contribution in [-0.4, -0.2) is 93.9 Å². The number of alkyl carbamates (subject to hydrolysis) is 1. The standard InChI is InChI=1S/C31H33ClF4N6O6/c1-27(2,3)21(39-26(46)47-13-31(34,35)36)23(43)42-10-18-14-4-17(19(33)5-14)29(18)11-30(29,42)25(45)41-12-28(7-16(41)8-37)24(44)40-22-20(48-28)6-15(32)9-38-22/h6,9,14,16-19,21H,4-5,7,10-13H2,1-3H3,(H,39,46)(H,38,40,44)/t14-,16-,17+,18+,19+,21+,28+,29-,30?/m0/s1. The summed E-state index contributed by atoms with van der Waals surface area (Å²) in [6, 6.07) is 0.955. The number of carbonyl (C=O) groups excluding carboxylic acids is 4. The Kier molecular flexibility index (Phi) is 7.02. The summed E-state index contributed by atoms with van der Waals surface area (Å²) >= 11 is 6.09. The molecule has 9 atom stereocenters. The van der Waals surface area contributed by atoms with Gasteiger partial charge in [-0.3, -0.25) is 14.4 Å². The molecule has 3 saturated carbocycles. The summed E-state index contributed by atoms with van der Waals surface area (Å²) in [6.07, 6.45) is -5.41. The summed E-state index contributed by atoms with van der Waals surface area (Å²) in [5.41, 5.74) is -5.27. The molecular weight excluding hydrogens is 664 g/mol. The first kappa shape index (κ1) is 32.7. The lowest BCUT2D eigenvalue weighted by molar-refractivity contribution is -0.161. The SMILES string of the molecule is CC(C)(C)[C@H](NC(=O)OCC(F)(F)F)C(=O)N1C[C@@H]2[C@@H]3C[C@@H](F)[C@@H](C3)[C@@]23CC13C(=O)N1C[C@@]2(C[C@H]1C#N)Oc1cc(Cl)cnc1NC2=O. The van der Waals surface area contributed by atoms with Crippen molar-refractivity contribution in [1.82, 2.24) is 20.1 Å². The van der Waals surface area contributed by atoms with Crippen LogP contribution in [0.3, 0.4) is 0 Å². The fourth-order valence-corrected chi connectivity index (χ4v) is 9.52. The van der Waals surface area contributed by atoms with Crippen LogP contribution in [-0.2, 0) is 19.1 Å². The predicted molar refractivity (Wildman–Crippen MR) is 157 cm³/mol. The van der Waals surface area contributed by atoms with E-state index in [0.29, 0.717) is 6.42 Å². The number of halogens is 5. The van der Waals surface area contributed by atoms with Crippen molar-refractivity contribution in [2.75, 3.05) is 25.0 Å². The Morgan fingerprint density at radius 2 is 2.00 bits per heavy atom. The van der Waals surface area contributed by atoms with E-state index in [1.807, 2.05) is 0 Å². The number of rotatable bonds is 4. The number of pyridine rings is 1. The van der Waals surface area contributed by atoms with Crippen LogP contribution < -0.4 is 15.4 Å². The number of nitrogens with zero attached hydrogens (tertiary/aromatic N) is 4. The van der Waals surface area contributed by atoms with Crippen molar-refractivity contribution in [2.45, 2.75) is 82.0 Å². The van der Waals surface area contributed by atoms with Crippen LogP contribution in [0.4, 0.5) is 28.2 Å². The molecule has 1 aromatic rings. The Morgan fingerprint density at radius 3 is 2.67 bits per heavy atom. The van der Waals surface area contributed by atoms with E-state index in [4.69, 9.17) is 16.3 Å². The van der Waals surface area contributed by atoms with E-state index in [1.165, 1.54) is 22.1 Å². The van der Waals surface area contributed by atoms with Crippen molar-refractivity contribution in [3.05, 3.63) is 17.3 Å². The monoisotopic (exact) mass is 696 g/mol. The van der Waals surface area contributed by atoms with Crippen LogP contribution in [0.25, 0.3) is 0 Å². The van der Waals surface area contributed by atoms with Gasteiger partial charge in [-0.1, -0.05) is 32.4 Å². The number of aromatic nitrogens is 1. The smallest absolute Gasteiger partial charge is 0.422 e. The van der Waals surface area contributed by atoms with E-state index in [2.05, 4.69) is 26.4 Å². The number of hydrogen-bond acceptors (Lipinski definition) is 8. The van der Waals surface area contributed by atoms with E-state index in [1.54, 1.807) is 20.8 Å². The summed E-state index contributed by atoms with van der Waals surface area (Å²) in [5.74, 6) is -2.60. The van der Waals surface area contributed by atoms with Crippen molar-refractivity contribution in [2.24, 2.45) is 28.6 Å². The van der Waals surface area contributed by atoms with Gasteiger partial charge >= 0.3 is 12.3 Å². The molecule has 12 nitrogen and oxygen atoms in total. The Labute approximate surface area is 277 Å². The maximum Gasteiger partial charge on any atom is 0.422 e. The maximum atomic E-state index is 15.5. The number of anilines is 1. The third-order valence-electron chi connectivity index (χ3n) is 11.3. The van der Waals surface area contributed by atoms with Crippen LogP contribution >= 0.6 is 11.6 Å². The lowest BCUT2D eigenvalue weighted by Gasteiger charge is -2.39. The van der Waals surface area contributed by atoms with E-state index >= 15 is 4.39 Å². The second-order valence-electron chi connectivity index (χ2n) is 15.0. The first-order valence-corrected chi connectivity index (χ1v) is 16.1. The lowest BCUT2D eigenvalue weighted by atomic mass is 9.75. The first-order chi connectivity index (χ1) is 22.4. The number of ether oxygens (including phenoxy) is 2. The number of piperidine rings is 1. The van der Waals surface area contributed by atoms with Gasteiger partial charge in [0.15, 0.2) is 18.2 Å². The molecule has 2 spiro atoms. The molecule has 7 rings (SSSR count). The molecule has 1 aromatic heterocycles. The molecule has 6 aliphatic rings. The number of nitriles is 1. The Morgan fingerprint density at radius 1 is 1.27 bits per heavy atom. The quantitative estimate of drug-likeness (QED) is 0.453. The topological polar surface area (TPSA) is 154 Å². The molecule has 48 heavy (non-hydrogen) atoms. The highest BCUT2D eigenvalue weighted by molar-refractivity contribution is 6.30. The largest absolute Gasteiger partial charge is 0.471 e. The van der Waals surface area contributed by atoms with Gasteiger partial charge < -0.3 is 29.9 Å². The minimum Gasteiger partial charge on any atom is -0.471 e. The van der Waals surface area contributed by atoms with Crippen molar-refractivity contribution < 1.29 is 46.2 Å². The van der Waals surface area contributed by atoms with Gasteiger partial charge in [0.1, 0.15) is 23.8 Å². The van der Waals surface area contributed by atoms with Gasteiger partial charge in [-0.2, -0.15) is 18.4 Å². The maximum absolute atomic E-state index is 15.5. The highest BCUT2D eigenvalue weighted by atomic mass is 35.5. The molecule has 2 saturated heterocycles. The summed E-state index contributed by atoms with van der Waals surface area (Å²) in [6.45, 7) is 2.64.